The molecule has 0 bridgehead atoms. The van der Waals surface area contributed by atoms with Crippen LogP contribution in [0.1, 0.15) is 12.0 Å². The molecule has 18 heavy (non-hydrogen) atoms. The summed E-state index contributed by atoms with van der Waals surface area (Å²) in [6, 6.07) is 11.0. The second kappa shape index (κ2) is 5.80. The first-order chi connectivity index (χ1) is 8.45. The van der Waals surface area contributed by atoms with Crippen molar-refractivity contribution >= 4 is 15.9 Å². The van der Waals surface area contributed by atoms with Crippen molar-refractivity contribution in [2.24, 2.45) is 0 Å². The van der Waals surface area contributed by atoms with Crippen molar-refractivity contribution in [1.82, 2.24) is 0 Å². The van der Waals surface area contributed by atoms with E-state index in [1.807, 2.05) is 30.3 Å². The molecular weight excluding hydrogens is 250 g/mol. The van der Waals surface area contributed by atoms with Crippen molar-refractivity contribution in [1.29, 1.82) is 5.26 Å². The number of allylic oxidation sites excluding steroid dienone is 1. The van der Waals surface area contributed by atoms with Gasteiger partial charge in [0.25, 0.3) is 0 Å². The van der Waals surface area contributed by atoms with Crippen molar-refractivity contribution in [2.45, 2.75) is 11.2 Å². The molecule has 4 nitrogen and oxygen atoms in total. The molecule has 96 valence electrons. The summed E-state index contributed by atoms with van der Waals surface area (Å²) in [6.45, 7) is -0.707. The average molecular weight is 265 g/mol. The second-order valence-corrected chi connectivity index (χ2v) is 6.38. The van der Waals surface area contributed by atoms with Gasteiger partial charge in [0.2, 0.25) is 0 Å². The van der Waals surface area contributed by atoms with E-state index >= 15 is 0 Å². The molecule has 1 aromatic carbocycles. The fraction of sp³-hybridized carbons (Fsp3) is 0.308. The van der Waals surface area contributed by atoms with Gasteiger partial charge in [-0.05, 0) is 5.56 Å². The van der Waals surface area contributed by atoms with E-state index in [1.54, 1.807) is 18.2 Å². The Morgan fingerprint density at radius 1 is 1.39 bits per heavy atom. The van der Waals surface area contributed by atoms with Crippen LogP contribution in [0.15, 0.2) is 36.4 Å². The van der Waals surface area contributed by atoms with Crippen LogP contribution < -0.4 is 0 Å². The molecule has 0 radical (unpaired) electrons. The van der Waals surface area contributed by atoms with Crippen molar-refractivity contribution < 1.29 is 13.5 Å². The van der Waals surface area contributed by atoms with Gasteiger partial charge in [0, 0.05) is 12.7 Å². The molecule has 5 heteroatoms. The van der Waals surface area contributed by atoms with Gasteiger partial charge in [-0.2, -0.15) is 5.26 Å². The van der Waals surface area contributed by atoms with Crippen molar-refractivity contribution in [3.05, 3.63) is 42.0 Å². The highest BCUT2D eigenvalue weighted by Crippen LogP contribution is 2.21. The Morgan fingerprint density at radius 2 is 2.00 bits per heavy atom. The van der Waals surface area contributed by atoms with Crippen molar-refractivity contribution in [3.8, 4) is 6.07 Å². The van der Waals surface area contributed by atoms with E-state index in [-0.39, 0.29) is 6.42 Å². The summed E-state index contributed by atoms with van der Waals surface area (Å²) in [7, 11) is -3.64. The molecule has 0 aromatic heterocycles. The summed E-state index contributed by atoms with van der Waals surface area (Å²) in [5.74, 6) is 0. The maximum Gasteiger partial charge on any atom is 0.184 e. The van der Waals surface area contributed by atoms with Crippen LogP contribution in [0, 0.1) is 11.3 Å². The molecule has 0 heterocycles. The van der Waals surface area contributed by atoms with Crippen molar-refractivity contribution in [3.63, 3.8) is 0 Å². The first-order valence-electron chi connectivity index (χ1n) is 5.38. The van der Waals surface area contributed by atoms with Gasteiger partial charge in [0.1, 0.15) is 0 Å². The number of rotatable bonds is 5. The van der Waals surface area contributed by atoms with Crippen LogP contribution in [0.25, 0.3) is 6.08 Å². The summed E-state index contributed by atoms with van der Waals surface area (Å²) in [6.07, 6.45) is 4.25. The molecule has 1 N–H and O–H groups in total. The van der Waals surface area contributed by atoms with Crippen LogP contribution in [0.2, 0.25) is 0 Å². The molecule has 0 saturated heterocycles. The van der Waals surface area contributed by atoms with Gasteiger partial charge in [-0.25, -0.2) is 8.42 Å². The number of aliphatic hydroxyl groups is 1. The number of nitrogens with zero attached hydrogens (tertiary/aromatic N) is 1. The number of nitriles is 1. The topological polar surface area (TPSA) is 78.2 Å². The molecule has 1 rings (SSSR count). The third-order valence-corrected chi connectivity index (χ3v) is 4.53. The zero-order chi connectivity index (χ0) is 13.6. The van der Waals surface area contributed by atoms with E-state index in [0.29, 0.717) is 0 Å². The Balaban J connectivity index is 2.89. The molecule has 1 atom stereocenters. The van der Waals surface area contributed by atoms with Crippen LogP contribution in [0.5, 0.6) is 0 Å². The maximum atomic E-state index is 11.5. The zero-order valence-electron chi connectivity index (χ0n) is 10.1. The van der Waals surface area contributed by atoms with Gasteiger partial charge < -0.3 is 5.11 Å². The maximum absolute atomic E-state index is 11.5. The molecule has 1 unspecified atom stereocenters. The van der Waals surface area contributed by atoms with Gasteiger partial charge >= 0.3 is 0 Å². The third kappa shape index (κ3) is 3.19. The minimum absolute atomic E-state index is 0.0340. The Hall–Kier alpha value is -1.64. The summed E-state index contributed by atoms with van der Waals surface area (Å²) in [5.41, 5.74) is 0.913. The van der Waals surface area contributed by atoms with E-state index in [2.05, 4.69) is 0 Å². The molecule has 0 fully saturated rings. The summed E-state index contributed by atoms with van der Waals surface area (Å²) < 4.78 is 21.3. The molecular formula is C13H15NO3S. The van der Waals surface area contributed by atoms with Gasteiger partial charge in [0.05, 0.1) is 12.7 Å². The Morgan fingerprint density at radius 3 is 2.44 bits per heavy atom. The Bertz CT molecular complexity index is 558. The Labute approximate surface area is 107 Å². The lowest BCUT2D eigenvalue weighted by atomic mass is 10.1. The average Bonchev–Trinajstić information content (AvgIpc) is 2.35. The smallest absolute Gasteiger partial charge is 0.184 e. The summed E-state index contributed by atoms with van der Waals surface area (Å²) in [4.78, 5) is 0. The lowest BCUT2D eigenvalue weighted by Crippen LogP contribution is -2.39. The van der Waals surface area contributed by atoms with Gasteiger partial charge in [-0.3, -0.25) is 0 Å². The van der Waals surface area contributed by atoms with Crippen LogP contribution in [0.4, 0.5) is 0 Å². The highest BCUT2D eigenvalue weighted by Gasteiger charge is 2.39. The van der Waals surface area contributed by atoms with E-state index in [0.717, 1.165) is 11.8 Å². The first-order valence-corrected chi connectivity index (χ1v) is 7.27. The second-order valence-electron chi connectivity index (χ2n) is 4.05. The summed E-state index contributed by atoms with van der Waals surface area (Å²) in [5, 5.41) is 18.2. The number of hydrogen-bond donors (Lipinski definition) is 1. The standard InChI is InChI=1S/C13H15NO3S/c1-18(16,17)13(10-14,11-15)9-5-8-12-6-3-2-4-7-12/h2-8,15H,9,11H2,1H3/b8-5+. The summed E-state index contributed by atoms with van der Waals surface area (Å²) >= 11 is 0. The molecule has 0 spiro atoms. The first kappa shape index (κ1) is 14.4. The van der Waals surface area contributed by atoms with E-state index < -0.39 is 21.2 Å². The van der Waals surface area contributed by atoms with Crippen LogP contribution in [0.3, 0.4) is 0 Å². The highest BCUT2D eigenvalue weighted by atomic mass is 32.2. The zero-order valence-corrected chi connectivity index (χ0v) is 10.9. The van der Waals surface area contributed by atoms with Gasteiger partial charge in [0.15, 0.2) is 14.6 Å². The quantitative estimate of drug-likeness (QED) is 0.872. The fourth-order valence-electron chi connectivity index (χ4n) is 1.45. The molecule has 0 aliphatic heterocycles. The normalized spacial score (nSPS) is 15.2. The number of hydrogen-bond acceptors (Lipinski definition) is 4. The van der Waals surface area contributed by atoms with E-state index in [4.69, 9.17) is 5.26 Å². The molecule has 0 aliphatic rings. The molecule has 0 saturated carbocycles. The monoisotopic (exact) mass is 265 g/mol. The predicted molar refractivity (Wildman–Crippen MR) is 70.4 cm³/mol. The van der Waals surface area contributed by atoms with Crippen LogP contribution in [-0.2, 0) is 9.84 Å². The third-order valence-electron chi connectivity index (χ3n) is 2.73. The number of benzene rings is 1. The highest BCUT2D eigenvalue weighted by molar-refractivity contribution is 7.92. The van der Waals surface area contributed by atoms with Crippen LogP contribution >= 0.6 is 0 Å². The lowest BCUT2D eigenvalue weighted by molar-refractivity contribution is 0.266. The fourth-order valence-corrected chi connectivity index (χ4v) is 2.25. The predicted octanol–water partition coefficient (Wildman–Crippen LogP) is 1.39. The molecule has 0 amide bonds. The minimum Gasteiger partial charge on any atom is -0.394 e. The Kier molecular flexibility index (Phi) is 4.65. The van der Waals surface area contributed by atoms with E-state index in [9.17, 15) is 13.5 Å². The molecule has 0 aliphatic carbocycles. The van der Waals surface area contributed by atoms with E-state index in [1.165, 1.54) is 0 Å². The van der Waals surface area contributed by atoms with Gasteiger partial charge in [-0.15, -0.1) is 0 Å². The largest absolute Gasteiger partial charge is 0.394 e. The van der Waals surface area contributed by atoms with Crippen molar-refractivity contribution in [2.75, 3.05) is 12.9 Å². The lowest BCUT2D eigenvalue weighted by Gasteiger charge is -2.19. The SMILES string of the molecule is CS(=O)(=O)C(C#N)(CO)C/C=C/c1ccccc1. The molecule has 1 aromatic rings. The number of aliphatic hydroxyl groups excluding tert-OH is 1. The minimum atomic E-state index is -3.64. The van der Waals surface area contributed by atoms with Crippen LogP contribution in [-0.4, -0.2) is 31.1 Å². The van der Waals surface area contributed by atoms with Gasteiger partial charge in [-0.1, -0.05) is 42.5 Å². The number of sulfone groups is 1.